The molecule has 0 bridgehead atoms. The molecule has 0 heterocycles. The lowest BCUT2D eigenvalue weighted by atomic mass is 10.2. The van der Waals surface area contributed by atoms with Crippen molar-refractivity contribution < 1.29 is 43.9 Å². The number of alkyl carbamates (subject to hydrolysis) is 1. The number of sulfonamides is 1. The van der Waals surface area contributed by atoms with Gasteiger partial charge in [0.2, 0.25) is 19.9 Å². The fraction of sp³-hybridized carbons (Fsp3) is 0.174. The number of sulfone groups is 1. The summed E-state index contributed by atoms with van der Waals surface area (Å²) in [6.07, 6.45) is -6.04. The minimum Gasteiger partial charge on any atom is -0.445 e. The van der Waals surface area contributed by atoms with Crippen LogP contribution in [-0.2, 0) is 37.4 Å². The number of hydrogen-bond acceptors (Lipinski definition) is 6. The molecule has 198 valence electrons. The Morgan fingerprint density at radius 1 is 0.838 bits per heavy atom. The first-order valence-electron chi connectivity index (χ1n) is 10.5. The quantitative estimate of drug-likeness (QED) is 0.303. The zero-order valence-electron chi connectivity index (χ0n) is 18.8. The predicted octanol–water partition coefficient (Wildman–Crippen LogP) is 3.88. The number of carbonyl (C=O) groups excluding carboxylic acids is 1. The number of alkyl halides is 3. The molecule has 14 heteroatoms. The SMILES string of the molecule is O=C(NCCNS(=O)(=O)c1cc(S(=O)(=O)c2ccccc2)ccc1C(F)(F)F)OCc1ccc(F)cc1. The summed E-state index contributed by atoms with van der Waals surface area (Å²) >= 11 is 0. The van der Waals surface area contributed by atoms with Gasteiger partial charge in [0.15, 0.2) is 0 Å². The Hall–Kier alpha value is -3.49. The number of benzene rings is 3. The molecule has 0 aliphatic carbocycles. The summed E-state index contributed by atoms with van der Waals surface area (Å²) in [4.78, 5) is 9.60. The molecular weight excluding hydrogens is 540 g/mol. The summed E-state index contributed by atoms with van der Waals surface area (Å²) in [5, 5.41) is 2.21. The molecule has 8 nitrogen and oxygen atoms in total. The number of ether oxygens (including phenoxy) is 1. The van der Waals surface area contributed by atoms with Gasteiger partial charge in [0, 0.05) is 13.1 Å². The van der Waals surface area contributed by atoms with Crippen LogP contribution in [0.5, 0.6) is 0 Å². The van der Waals surface area contributed by atoms with E-state index in [4.69, 9.17) is 4.74 Å². The van der Waals surface area contributed by atoms with E-state index in [-0.39, 0.29) is 18.0 Å². The summed E-state index contributed by atoms with van der Waals surface area (Å²) < 4.78 is 111. The van der Waals surface area contributed by atoms with Gasteiger partial charge in [0.05, 0.1) is 20.2 Å². The lowest BCUT2D eigenvalue weighted by Gasteiger charge is -2.16. The van der Waals surface area contributed by atoms with Gasteiger partial charge in [-0.05, 0) is 48.0 Å². The Bertz CT molecular complexity index is 1460. The van der Waals surface area contributed by atoms with Crippen LogP contribution in [0.3, 0.4) is 0 Å². The average molecular weight is 561 g/mol. The third-order valence-electron chi connectivity index (χ3n) is 4.88. The second-order valence-corrected chi connectivity index (χ2v) is 11.2. The van der Waals surface area contributed by atoms with Crippen molar-refractivity contribution in [3.8, 4) is 0 Å². The van der Waals surface area contributed by atoms with Crippen molar-refractivity contribution in [3.05, 3.63) is 89.7 Å². The van der Waals surface area contributed by atoms with E-state index in [0.29, 0.717) is 23.8 Å². The minimum absolute atomic E-state index is 0.199. The summed E-state index contributed by atoms with van der Waals surface area (Å²) in [6.45, 7) is -1.08. The molecule has 0 aromatic heterocycles. The summed E-state index contributed by atoms with van der Waals surface area (Å²) in [5.41, 5.74) is -1.07. The van der Waals surface area contributed by atoms with Gasteiger partial charge in [-0.1, -0.05) is 30.3 Å². The van der Waals surface area contributed by atoms with Crippen LogP contribution in [0.2, 0.25) is 0 Å². The van der Waals surface area contributed by atoms with E-state index >= 15 is 0 Å². The Balaban J connectivity index is 1.71. The molecule has 3 rings (SSSR count). The highest BCUT2D eigenvalue weighted by Crippen LogP contribution is 2.36. The molecule has 2 N–H and O–H groups in total. The fourth-order valence-electron chi connectivity index (χ4n) is 3.07. The Morgan fingerprint density at radius 2 is 1.49 bits per heavy atom. The van der Waals surface area contributed by atoms with Gasteiger partial charge in [0.1, 0.15) is 12.4 Å². The lowest BCUT2D eigenvalue weighted by Crippen LogP contribution is -2.35. The number of carbonyl (C=O) groups is 1. The van der Waals surface area contributed by atoms with E-state index in [0.717, 1.165) is 0 Å². The number of rotatable bonds is 9. The predicted molar refractivity (Wildman–Crippen MR) is 123 cm³/mol. The van der Waals surface area contributed by atoms with Gasteiger partial charge in [-0.25, -0.2) is 30.7 Å². The molecule has 0 aliphatic rings. The third kappa shape index (κ3) is 7.27. The van der Waals surface area contributed by atoms with E-state index < -0.39 is 59.8 Å². The monoisotopic (exact) mass is 560 g/mol. The van der Waals surface area contributed by atoms with Crippen LogP contribution < -0.4 is 10.0 Å². The topological polar surface area (TPSA) is 119 Å². The molecule has 0 fully saturated rings. The minimum atomic E-state index is -5.10. The maximum atomic E-state index is 13.5. The van der Waals surface area contributed by atoms with Crippen LogP contribution in [0.4, 0.5) is 22.4 Å². The van der Waals surface area contributed by atoms with Gasteiger partial charge in [-0.2, -0.15) is 13.2 Å². The standard InChI is InChI=1S/C23H20F4N2O6S2/c24-17-8-6-16(7-9-17)15-35-22(30)28-12-13-29-37(33,34)21-14-19(10-11-20(21)23(25,26)27)36(31,32)18-4-2-1-3-5-18/h1-11,14,29H,12-13,15H2,(H,28,30). The molecule has 0 saturated heterocycles. The highest BCUT2D eigenvalue weighted by atomic mass is 32.2. The van der Waals surface area contributed by atoms with Crippen LogP contribution in [0.25, 0.3) is 0 Å². The molecule has 1 amide bonds. The smallest absolute Gasteiger partial charge is 0.417 e. The number of amides is 1. The first kappa shape index (κ1) is 28.1. The van der Waals surface area contributed by atoms with Crippen molar-refractivity contribution in [2.24, 2.45) is 0 Å². The molecule has 3 aromatic carbocycles. The van der Waals surface area contributed by atoms with Crippen molar-refractivity contribution in [1.82, 2.24) is 10.0 Å². The maximum absolute atomic E-state index is 13.5. The maximum Gasteiger partial charge on any atom is 0.417 e. The van der Waals surface area contributed by atoms with Crippen LogP contribution in [0, 0.1) is 5.82 Å². The highest BCUT2D eigenvalue weighted by Gasteiger charge is 2.38. The van der Waals surface area contributed by atoms with E-state index in [1.54, 1.807) is 0 Å². The first-order chi connectivity index (χ1) is 17.3. The highest BCUT2D eigenvalue weighted by molar-refractivity contribution is 7.91. The molecule has 0 atom stereocenters. The van der Waals surface area contributed by atoms with Crippen LogP contribution in [0.15, 0.2) is 87.5 Å². The molecular formula is C23H20F4N2O6S2. The molecule has 3 aromatic rings. The Morgan fingerprint density at radius 3 is 2.11 bits per heavy atom. The summed E-state index contributed by atoms with van der Waals surface area (Å²) in [6, 6.07) is 13.4. The average Bonchev–Trinajstić information content (AvgIpc) is 2.86. The van der Waals surface area contributed by atoms with Gasteiger partial charge in [-0.3, -0.25) is 0 Å². The molecule has 37 heavy (non-hydrogen) atoms. The molecule has 0 unspecified atom stereocenters. The first-order valence-corrected chi connectivity index (χ1v) is 13.4. The second kappa shape index (κ2) is 11.3. The van der Waals surface area contributed by atoms with E-state index in [1.165, 1.54) is 54.6 Å². The van der Waals surface area contributed by atoms with Gasteiger partial charge >= 0.3 is 12.3 Å². The Kier molecular flexibility index (Phi) is 8.56. The van der Waals surface area contributed by atoms with Crippen molar-refractivity contribution in [2.45, 2.75) is 27.5 Å². The van der Waals surface area contributed by atoms with Gasteiger partial charge < -0.3 is 10.1 Å². The van der Waals surface area contributed by atoms with Crippen molar-refractivity contribution >= 4 is 26.0 Å². The fourth-order valence-corrected chi connectivity index (χ4v) is 5.73. The van der Waals surface area contributed by atoms with Gasteiger partial charge in [-0.15, -0.1) is 0 Å². The van der Waals surface area contributed by atoms with E-state index in [1.807, 2.05) is 4.72 Å². The van der Waals surface area contributed by atoms with Crippen molar-refractivity contribution in [1.29, 1.82) is 0 Å². The van der Waals surface area contributed by atoms with Crippen LogP contribution >= 0.6 is 0 Å². The summed E-state index contributed by atoms with van der Waals surface area (Å²) in [7, 11) is -9.16. The van der Waals surface area contributed by atoms with Crippen molar-refractivity contribution in [2.75, 3.05) is 13.1 Å². The zero-order valence-corrected chi connectivity index (χ0v) is 20.5. The van der Waals surface area contributed by atoms with Crippen LogP contribution in [0.1, 0.15) is 11.1 Å². The third-order valence-corrected chi connectivity index (χ3v) is 8.15. The van der Waals surface area contributed by atoms with E-state index in [2.05, 4.69) is 5.32 Å². The number of hydrogen-bond donors (Lipinski definition) is 2. The number of halogens is 4. The normalized spacial score (nSPS) is 12.2. The van der Waals surface area contributed by atoms with Gasteiger partial charge in [0.25, 0.3) is 0 Å². The largest absolute Gasteiger partial charge is 0.445 e. The molecule has 0 radical (unpaired) electrons. The molecule has 0 spiro atoms. The Labute approximate surface area is 210 Å². The molecule has 0 saturated carbocycles. The van der Waals surface area contributed by atoms with E-state index in [9.17, 15) is 39.2 Å². The molecule has 0 aliphatic heterocycles. The van der Waals surface area contributed by atoms with Crippen LogP contribution in [-0.4, -0.2) is 36.0 Å². The lowest BCUT2D eigenvalue weighted by molar-refractivity contribution is -0.139. The summed E-state index contributed by atoms with van der Waals surface area (Å²) in [5.74, 6) is -0.475. The second-order valence-electron chi connectivity index (χ2n) is 7.50. The zero-order chi connectivity index (χ0) is 27.3. The van der Waals surface area contributed by atoms with Crippen molar-refractivity contribution in [3.63, 3.8) is 0 Å². The number of nitrogens with one attached hydrogen (secondary N) is 2.